The van der Waals surface area contributed by atoms with Crippen molar-refractivity contribution >= 4 is 11.9 Å². The van der Waals surface area contributed by atoms with E-state index in [4.69, 9.17) is 0 Å². The Hall–Kier alpha value is -2.24. The molecule has 0 saturated carbocycles. The van der Waals surface area contributed by atoms with E-state index >= 15 is 0 Å². The van der Waals surface area contributed by atoms with E-state index in [-0.39, 0.29) is 11.8 Å². The third kappa shape index (κ3) is 2.09. The third-order valence-corrected chi connectivity index (χ3v) is 3.16. The zero-order valence-electron chi connectivity index (χ0n) is 9.76. The lowest BCUT2D eigenvalue weighted by atomic mass is 9.89. The molecule has 0 saturated heterocycles. The lowest BCUT2D eigenvalue weighted by Crippen LogP contribution is -2.28. The zero-order valence-corrected chi connectivity index (χ0v) is 9.76. The summed E-state index contributed by atoms with van der Waals surface area (Å²) in [6.45, 7) is 0. The Morgan fingerprint density at radius 3 is 3.00 bits per heavy atom. The number of rotatable bonds is 2. The van der Waals surface area contributed by atoms with E-state index in [9.17, 15) is 4.79 Å². The highest BCUT2D eigenvalue weighted by molar-refractivity contribution is 5.91. The SMILES string of the molecule is O=C(Nc1ncccn1)C1CCc2nc[nH]c2C1. The van der Waals surface area contributed by atoms with Crippen LogP contribution in [0.15, 0.2) is 24.8 Å². The second-order valence-corrected chi connectivity index (χ2v) is 4.33. The van der Waals surface area contributed by atoms with Crippen LogP contribution < -0.4 is 5.32 Å². The molecular formula is C12H13N5O. The minimum absolute atomic E-state index is 0.0264. The number of carbonyl (C=O) groups is 1. The van der Waals surface area contributed by atoms with Crippen LogP contribution in [0.3, 0.4) is 0 Å². The van der Waals surface area contributed by atoms with Gasteiger partial charge >= 0.3 is 0 Å². The number of aromatic nitrogens is 4. The number of H-pyrrole nitrogens is 1. The molecule has 1 aliphatic rings. The third-order valence-electron chi connectivity index (χ3n) is 3.16. The molecule has 0 bridgehead atoms. The Labute approximate surface area is 104 Å². The van der Waals surface area contributed by atoms with Crippen LogP contribution in [0.2, 0.25) is 0 Å². The number of hydrogen-bond acceptors (Lipinski definition) is 4. The molecule has 0 radical (unpaired) electrons. The molecule has 0 aliphatic heterocycles. The van der Waals surface area contributed by atoms with Gasteiger partial charge in [-0.05, 0) is 18.9 Å². The fourth-order valence-electron chi connectivity index (χ4n) is 2.20. The molecule has 2 aromatic rings. The Kier molecular flexibility index (Phi) is 2.76. The maximum Gasteiger partial charge on any atom is 0.230 e. The molecule has 6 nitrogen and oxygen atoms in total. The quantitative estimate of drug-likeness (QED) is 0.822. The number of carbonyl (C=O) groups excluding carboxylic acids is 1. The topological polar surface area (TPSA) is 83.6 Å². The second kappa shape index (κ2) is 4.56. The molecule has 0 spiro atoms. The number of aryl methyl sites for hydroxylation is 1. The van der Waals surface area contributed by atoms with Gasteiger partial charge in [-0.3, -0.25) is 10.1 Å². The summed E-state index contributed by atoms with van der Waals surface area (Å²) in [5.74, 6) is 0.293. The lowest BCUT2D eigenvalue weighted by molar-refractivity contribution is -0.120. The number of nitrogens with zero attached hydrogens (tertiary/aromatic N) is 3. The number of imidazole rings is 1. The van der Waals surface area contributed by atoms with Gasteiger partial charge < -0.3 is 4.98 Å². The standard InChI is InChI=1S/C12H13N5O/c18-11(17-12-13-4-1-5-14-12)8-2-3-9-10(6-8)16-7-15-9/h1,4-5,7-8H,2-3,6H2,(H,15,16)(H,13,14,17,18). The number of aromatic amines is 1. The van der Waals surface area contributed by atoms with Gasteiger partial charge in [0, 0.05) is 30.4 Å². The van der Waals surface area contributed by atoms with Crippen molar-refractivity contribution in [1.29, 1.82) is 0 Å². The molecule has 0 fully saturated rings. The van der Waals surface area contributed by atoms with Gasteiger partial charge in [-0.25, -0.2) is 15.0 Å². The first-order chi connectivity index (χ1) is 8.83. The number of fused-ring (bicyclic) bond motifs is 1. The Morgan fingerprint density at radius 2 is 2.17 bits per heavy atom. The van der Waals surface area contributed by atoms with Crippen LogP contribution in [0.5, 0.6) is 0 Å². The molecule has 3 rings (SSSR count). The van der Waals surface area contributed by atoms with Gasteiger partial charge in [0.25, 0.3) is 0 Å². The van der Waals surface area contributed by atoms with E-state index in [0.717, 1.165) is 24.2 Å². The van der Waals surface area contributed by atoms with Crippen molar-refractivity contribution in [3.63, 3.8) is 0 Å². The van der Waals surface area contributed by atoms with Gasteiger partial charge in [-0.15, -0.1) is 0 Å². The van der Waals surface area contributed by atoms with Crippen molar-refractivity contribution in [3.05, 3.63) is 36.2 Å². The average molecular weight is 243 g/mol. The predicted octanol–water partition coefficient (Wildman–Crippen LogP) is 0.943. The normalized spacial score (nSPS) is 18.1. The molecule has 0 aromatic carbocycles. The summed E-state index contributed by atoms with van der Waals surface area (Å²) < 4.78 is 0. The minimum atomic E-state index is -0.0400. The maximum absolute atomic E-state index is 12.1. The lowest BCUT2D eigenvalue weighted by Gasteiger charge is -2.19. The molecule has 1 atom stereocenters. The van der Waals surface area contributed by atoms with Crippen LogP contribution in [0.25, 0.3) is 0 Å². The largest absolute Gasteiger partial charge is 0.348 e. The molecule has 2 aromatic heterocycles. The summed E-state index contributed by atoms with van der Waals surface area (Å²) in [6.07, 6.45) is 7.26. The number of amides is 1. The maximum atomic E-state index is 12.1. The smallest absolute Gasteiger partial charge is 0.230 e. The average Bonchev–Trinajstić information content (AvgIpc) is 2.87. The van der Waals surface area contributed by atoms with Crippen LogP contribution >= 0.6 is 0 Å². The Bertz CT molecular complexity index is 551. The molecule has 1 unspecified atom stereocenters. The Balaban J connectivity index is 1.68. The first kappa shape index (κ1) is 10.9. The number of anilines is 1. The Morgan fingerprint density at radius 1 is 1.33 bits per heavy atom. The molecule has 18 heavy (non-hydrogen) atoms. The summed E-state index contributed by atoms with van der Waals surface area (Å²) in [6, 6.07) is 1.72. The summed E-state index contributed by atoms with van der Waals surface area (Å²) in [5.41, 5.74) is 2.14. The molecule has 1 amide bonds. The highest BCUT2D eigenvalue weighted by atomic mass is 16.2. The first-order valence-electron chi connectivity index (χ1n) is 5.92. The van der Waals surface area contributed by atoms with Crippen LogP contribution in [0, 0.1) is 5.92 Å². The van der Waals surface area contributed by atoms with Crippen LogP contribution in [0.1, 0.15) is 17.8 Å². The summed E-state index contributed by atoms with van der Waals surface area (Å²) >= 11 is 0. The highest BCUT2D eigenvalue weighted by Gasteiger charge is 2.26. The molecular weight excluding hydrogens is 230 g/mol. The van der Waals surface area contributed by atoms with E-state index < -0.39 is 0 Å². The van der Waals surface area contributed by atoms with Crippen LogP contribution in [0.4, 0.5) is 5.95 Å². The predicted molar refractivity (Wildman–Crippen MR) is 64.8 cm³/mol. The molecule has 2 N–H and O–H groups in total. The minimum Gasteiger partial charge on any atom is -0.348 e. The summed E-state index contributed by atoms with van der Waals surface area (Å²) in [4.78, 5) is 27.3. The molecule has 2 heterocycles. The summed E-state index contributed by atoms with van der Waals surface area (Å²) in [5, 5.41) is 2.74. The monoisotopic (exact) mass is 243 g/mol. The van der Waals surface area contributed by atoms with Gasteiger partial charge in [0.05, 0.1) is 12.0 Å². The fourth-order valence-corrected chi connectivity index (χ4v) is 2.20. The summed E-state index contributed by atoms with van der Waals surface area (Å²) in [7, 11) is 0. The van der Waals surface area contributed by atoms with E-state index in [0.29, 0.717) is 12.4 Å². The van der Waals surface area contributed by atoms with E-state index in [1.165, 1.54) is 0 Å². The molecule has 6 heteroatoms. The highest BCUT2D eigenvalue weighted by Crippen LogP contribution is 2.23. The zero-order chi connectivity index (χ0) is 12.4. The van der Waals surface area contributed by atoms with Crippen molar-refractivity contribution in [1.82, 2.24) is 19.9 Å². The van der Waals surface area contributed by atoms with Crippen molar-refractivity contribution in [3.8, 4) is 0 Å². The van der Waals surface area contributed by atoms with Gasteiger partial charge in [-0.2, -0.15) is 0 Å². The van der Waals surface area contributed by atoms with Gasteiger partial charge in [0.1, 0.15) is 0 Å². The first-order valence-corrected chi connectivity index (χ1v) is 5.92. The molecule has 92 valence electrons. The van der Waals surface area contributed by atoms with Crippen molar-refractivity contribution in [2.75, 3.05) is 5.32 Å². The van der Waals surface area contributed by atoms with Gasteiger partial charge in [-0.1, -0.05) is 0 Å². The number of nitrogens with one attached hydrogen (secondary N) is 2. The van der Waals surface area contributed by atoms with Crippen LogP contribution in [-0.4, -0.2) is 25.8 Å². The van der Waals surface area contributed by atoms with E-state index in [2.05, 4.69) is 25.3 Å². The second-order valence-electron chi connectivity index (χ2n) is 4.33. The van der Waals surface area contributed by atoms with Gasteiger partial charge in [0.2, 0.25) is 11.9 Å². The van der Waals surface area contributed by atoms with Crippen molar-refractivity contribution < 1.29 is 4.79 Å². The molecule has 1 aliphatic carbocycles. The fraction of sp³-hybridized carbons (Fsp3) is 0.333. The van der Waals surface area contributed by atoms with Crippen molar-refractivity contribution in [2.45, 2.75) is 19.3 Å². The van der Waals surface area contributed by atoms with Crippen molar-refractivity contribution in [2.24, 2.45) is 5.92 Å². The van der Waals surface area contributed by atoms with E-state index in [1.54, 1.807) is 24.8 Å². The number of hydrogen-bond donors (Lipinski definition) is 2. The van der Waals surface area contributed by atoms with Crippen LogP contribution in [-0.2, 0) is 17.6 Å². The van der Waals surface area contributed by atoms with E-state index in [1.807, 2.05) is 0 Å². The van der Waals surface area contributed by atoms with Gasteiger partial charge in [0.15, 0.2) is 0 Å².